The Morgan fingerprint density at radius 3 is 3.04 bits per heavy atom. The molecule has 2 aromatic heterocycles. The van der Waals surface area contributed by atoms with Gasteiger partial charge in [-0.15, -0.1) is 0 Å². The Bertz CT molecular complexity index is 940. The van der Waals surface area contributed by atoms with E-state index in [1.165, 1.54) is 0 Å². The number of nitrogens with zero attached hydrogens (tertiary/aromatic N) is 3. The molecule has 8 heteroatoms. The summed E-state index contributed by atoms with van der Waals surface area (Å²) in [5.41, 5.74) is 2.67. The average Bonchev–Trinajstić information content (AvgIpc) is 3.36. The lowest BCUT2D eigenvalue weighted by Gasteiger charge is -2.09. The van der Waals surface area contributed by atoms with Gasteiger partial charge in [-0.05, 0) is 38.0 Å². The van der Waals surface area contributed by atoms with Crippen LogP contribution in [-0.4, -0.2) is 41.3 Å². The van der Waals surface area contributed by atoms with Gasteiger partial charge in [0.05, 0.1) is 29.5 Å². The molecule has 3 heterocycles. The van der Waals surface area contributed by atoms with E-state index in [0.29, 0.717) is 5.95 Å². The molecule has 1 unspecified atom stereocenters. The van der Waals surface area contributed by atoms with Crippen molar-refractivity contribution in [1.82, 2.24) is 15.0 Å². The van der Waals surface area contributed by atoms with Crippen molar-refractivity contribution in [3.63, 3.8) is 0 Å². The van der Waals surface area contributed by atoms with Crippen LogP contribution in [0.25, 0.3) is 10.6 Å². The fourth-order valence-electron chi connectivity index (χ4n) is 3.09. The summed E-state index contributed by atoms with van der Waals surface area (Å²) in [5, 5.41) is 7.51. The van der Waals surface area contributed by atoms with Gasteiger partial charge in [0.2, 0.25) is 5.95 Å². The van der Waals surface area contributed by atoms with Crippen LogP contribution >= 0.6 is 11.3 Å². The fourth-order valence-corrected chi connectivity index (χ4v) is 4.03. The number of anilines is 3. The Morgan fingerprint density at radius 2 is 2.21 bits per heavy atom. The SMILES string of the molecule is COc1cccc(Nc2nccc(-c3sc(NCC4CCCO4)nc3C)n2)c1. The normalized spacial score (nSPS) is 16.1. The van der Waals surface area contributed by atoms with Crippen molar-refractivity contribution in [2.24, 2.45) is 0 Å². The predicted octanol–water partition coefficient (Wildman–Crippen LogP) is 4.25. The van der Waals surface area contributed by atoms with E-state index in [0.717, 1.165) is 58.8 Å². The van der Waals surface area contributed by atoms with Crippen molar-refractivity contribution in [3.8, 4) is 16.3 Å². The zero-order chi connectivity index (χ0) is 19.3. The van der Waals surface area contributed by atoms with Crippen LogP contribution in [-0.2, 0) is 4.74 Å². The molecule has 0 amide bonds. The minimum atomic E-state index is 0.283. The van der Waals surface area contributed by atoms with Gasteiger partial charge in [0.1, 0.15) is 5.75 Å². The molecule has 7 nitrogen and oxygen atoms in total. The molecular formula is C20H23N5O2S. The van der Waals surface area contributed by atoms with E-state index in [1.807, 2.05) is 37.3 Å². The summed E-state index contributed by atoms with van der Waals surface area (Å²) >= 11 is 1.60. The van der Waals surface area contributed by atoms with E-state index in [2.05, 4.69) is 25.6 Å². The smallest absolute Gasteiger partial charge is 0.227 e. The largest absolute Gasteiger partial charge is 0.497 e. The summed E-state index contributed by atoms with van der Waals surface area (Å²) in [6.45, 7) is 3.65. The number of hydrogen-bond acceptors (Lipinski definition) is 8. The molecule has 0 bridgehead atoms. The van der Waals surface area contributed by atoms with Gasteiger partial charge in [0.25, 0.3) is 0 Å². The third-order valence-electron chi connectivity index (χ3n) is 4.52. The first-order chi connectivity index (χ1) is 13.7. The van der Waals surface area contributed by atoms with Crippen molar-refractivity contribution >= 4 is 28.1 Å². The topological polar surface area (TPSA) is 81.2 Å². The molecule has 0 spiro atoms. The minimum absolute atomic E-state index is 0.283. The quantitative estimate of drug-likeness (QED) is 0.617. The molecule has 1 fully saturated rings. The summed E-state index contributed by atoms with van der Waals surface area (Å²) in [6.07, 6.45) is 4.28. The first-order valence-corrected chi connectivity index (χ1v) is 10.1. The average molecular weight is 398 g/mol. The molecule has 4 rings (SSSR count). The predicted molar refractivity (Wildman–Crippen MR) is 112 cm³/mol. The first-order valence-electron chi connectivity index (χ1n) is 9.28. The van der Waals surface area contributed by atoms with Gasteiger partial charge in [-0.25, -0.2) is 15.0 Å². The van der Waals surface area contributed by atoms with Gasteiger partial charge >= 0.3 is 0 Å². The van der Waals surface area contributed by atoms with Crippen LogP contribution in [0.2, 0.25) is 0 Å². The van der Waals surface area contributed by atoms with E-state index in [1.54, 1.807) is 24.6 Å². The van der Waals surface area contributed by atoms with Crippen LogP contribution in [0.15, 0.2) is 36.5 Å². The van der Waals surface area contributed by atoms with E-state index < -0.39 is 0 Å². The maximum Gasteiger partial charge on any atom is 0.227 e. The highest BCUT2D eigenvalue weighted by molar-refractivity contribution is 7.19. The molecule has 0 saturated carbocycles. The van der Waals surface area contributed by atoms with Gasteiger partial charge in [0, 0.05) is 31.1 Å². The lowest BCUT2D eigenvalue weighted by molar-refractivity contribution is 0.120. The molecule has 1 aliphatic rings. The van der Waals surface area contributed by atoms with E-state index >= 15 is 0 Å². The lowest BCUT2D eigenvalue weighted by Crippen LogP contribution is -2.18. The number of methoxy groups -OCH3 is 1. The Kier molecular flexibility index (Phi) is 5.68. The molecule has 3 aromatic rings. The number of aromatic nitrogens is 3. The molecule has 1 saturated heterocycles. The monoisotopic (exact) mass is 397 g/mol. The number of nitrogens with one attached hydrogen (secondary N) is 2. The highest BCUT2D eigenvalue weighted by Crippen LogP contribution is 2.32. The van der Waals surface area contributed by atoms with Gasteiger partial charge in [-0.3, -0.25) is 0 Å². The van der Waals surface area contributed by atoms with E-state index in [9.17, 15) is 0 Å². The number of aryl methyl sites for hydroxylation is 1. The lowest BCUT2D eigenvalue weighted by atomic mass is 10.2. The molecule has 1 aromatic carbocycles. The summed E-state index contributed by atoms with van der Waals surface area (Å²) < 4.78 is 10.9. The van der Waals surface area contributed by atoms with Crippen LogP contribution in [0.4, 0.5) is 16.8 Å². The molecule has 28 heavy (non-hydrogen) atoms. The Balaban J connectivity index is 1.49. The molecule has 0 radical (unpaired) electrons. The molecule has 0 aliphatic carbocycles. The molecule has 2 N–H and O–H groups in total. The van der Waals surface area contributed by atoms with Crippen molar-refractivity contribution < 1.29 is 9.47 Å². The minimum Gasteiger partial charge on any atom is -0.497 e. The Labute approximate surface area is 168 Å². The fraction of sp³-hybridized carbons (Fsp3) is 0.350. The third-order valence-corrected chi connectivity index (χ3v) is 5.65. The molecule has 1 aliphatic heterocycles. The Hall–Kier alpha value is -2.71. The van der Waals surface area contributed by atoms with Crippen molar-refractivity contribution in [1.29, 1.82) is 0 Å². The second kappa shape index (κ2) is 8.53. The van der Waals surface area contributed by atoms with Crippen LogP contribution in [0, 0.1) is 6.92 Å². The molecule has 146 valence electrons. The zero-order valence-electron chi connectivity index (χ0n) is 15.9. The van der Waals surface area contributed by atoms with Crippen LogP contribution in [0.3, 0.4) is 0 Å². The van der Waals surface area contributed by atoms with E-state index in [4.69, 9.17) is 9.47 Å². The van der Waals surface area contributed by atoms with Crippen molar-refractivity contribution in [2.75, 3.05) is 30.9 Å². The molecule has 1 atom stereocenters. The molecular weight excluding hydrogens is 374 g/mol. The van der Waals surface area contributed by atoms with Crippen LogP contribution in [0.5, 0.6) is 5.75 Å². The standard InChI is InChI=1S/C20H23N5O2S/c1-13-18(28-20(23-13)22-12-16-7-4-10-27-16)17-8-9-21-19(25-17)24-14-5-3-6-15(11-14)26-2/h3,5-6,8-9,11,16H,4,7,10,12H2,1-2H3,(H,22,23)(H,21,24,25). The third kappa shape index (κ3) is 4.40. The van der Waals surface area contributed by atoms with Gasteiger partial charge in [-0.2, -0.15) is 0 Å². The van der Waals surface area contributed by atoms with Gasteiger partial charge in [-0.1, -0.05) is 17.4 Å². The van der Waals surface area contributed by atoms with E-state index in [-0.39, 0.29) is 6.10 Å². The van der Waals surface area contributed by atoms with Crippen LogP contribution < -0.4 is 15.4 Å². The van der Waals surface area contributed by atoms with Crippen molar-refractivity contribution in [2.45, 2.75) is 25.9 Å². The first kappa shape index (κ1) is 18.6. The number of benzene rings is 1. The maximum absolute atomic E-state index is 5.66. The van der Waals surface area contributed by atoms with Crippen molar-refractivity contribution in [3.05, 3.63) is 42.2 Å². The second-order valence-electron chi connectivity index (χ2n) is 6.57. The van der Waals surface area contributed by atoms with Crippen LogP contribution in [0.1, 0.15) is 18.5 Å². The summed E-state index contributed by atoms with van der Waals surface area (Å²) in [7, 11) is 1.65. The second-order valence-corrected chi connectivity index (χ2v) is 7.57. The number of thiazole rings is 1. The summed E-state index contributed by atoms with van der Waals surface area (Å²) in [4.78, 5) is 14.7. The van der Waals surface area contributed by atoms with Gasteiger partial charge in [0.15, 0.2) is 5.13 Å². The maximum atomic E-state index is 5.66. The number of hydrogen-bond donors (Lipinski definition) is 2. The summed E-state index contributed by atoms with van der Waals surface area (Å²) in [6, 6.07) is 9.57. The van der Waals surface area contributed by atoms with Gasteiger partial charge < -0.3 is 20.1 Å². The highest BCUT2D eigenvalue weighted by Gasteiger charge is 2.17. The number of rotatable bonds is 7. The summed E-state index contributed by atoms with van der Waals surface area (Å²) in [5.74, 6) is 1.31. The Morgan fingerprint density at radius 1 is 1.29 bits per heavy atom. The number of ether oxygens (including phenoxy) is 2. The highest BCUT2D eigenvalue weighted by atomic mass is 32.1. The zero-order valence-corrected chi connectivity index (χ0v) is 16.8.